The molecule has 0 aromatic heterocycles. The van der Waals surface area contributed by atoms with E-state index in [4.69, 9.17) is 14.2 Å². The first-order chi connectivity index (χ1) is 14.1. The van der Waals surface area contributed by atoms with Crippen LogP contribution in [-0.4, -0.2) is 24.6 Å². The van der Waals surface area contributed by atoms with Crippen LogP contribution in [0.1, 0.15) is 22.8 Å². The van der Waals surface area contributed by atoms with Gasteiger partial charge >= 0.3 is 0 Å². The van der Waals surface area contributed by atoms with E-state index in [9.17, 15) is 9.59 Å². The van der Waals surface area contributed by atoms with Crippen LogP contribution in [0.25, 0.3) is 0 Å². The Morgan fingerprint density at radius 3 is 2.34 bits per heavy atom. The van der Waals surface area contributed by atoms with Crippen LogP contribution in [0, 0.1) is 0 Å². The summed E-state index contributed by atoms with van der Waals surface area (Å²) in [6.45, 7) is 1.83. The molecule has 0 saturated heterocycles. The molecule has 1 atom stereocenters. The standard InChI is InChI=1S/C23H19NO5/c1-15(23(26)24-18-9-12-20-21(13-18)28-14-27-20)29-19-10-7-17(8-11-19)22(25)16-5-3-2-4-6-16/h2-13,15H,14H2,1H3,(H,24,26)/t15-/m0/s1. The third-order valence-electron chi connectivity index (χ3n) is 4.47. The summed E-state index contributed by atoms with van der Waals surface area (Å²) in [6.07, 6.45) is -0.726. The molecule has 1 aliphatic heterocycles. The lowest BCUT2D eigenvalue weighted by molar-refractivity contribution is -0.122. The van der Waals surface area contributed by atoms with E-state index in [-0.39, 0.29) is 18.5 Å². The summed E-state index contributed by atoms with van der Waals surface area (Å²) in [7, 11) is 0. The topological polar surface area (TPSA) is 73.9 Å². The minimum Gasteiger partial charge on any atom is -0.481 e. The highest BCUT2D eigenvalue weighted by Gasteiger charge is 2.18. The van der Waals surface area contributed by atoms with E-state index < -0.39 is 6.10 Å². The first kappa shape index (κ1) is 18.6. The zero-order valence-electron chi connectivity index (χ0n) is 15.8. The Morgan fingerprint density at radius 1 is 0.897 bits per heavy atom. The van der Waals surface area contributed by atoms with E-state index in [1.807, 2.05) is 18.2 Å². The summed E-state index contributed by atoms with van der Waals surface area (Å²) in [4.78, 5) is 24.9. The van der Waals surface area contributed by atoms with Crippen molar-refractivity contribution in [2.45, 2.75) is 13.0 Å². The lowest BCUT2D eigenvalue weighted by Gasteiger charge is -2.15. The van der Waals surface area contributed by atoms with Crippen LogP contribution in [0.15, 0.2) is 72.8 Å². The summed E-state index contributed by atoms with van der Waals surface area (Å²) < 4.78 is 16.3. The van der Waals surface area contributed by atoms with E-state index in [0.717, 1.165) is 0 Å². The number of ketones is 1. The number of nitrogens with one attached hydrogen (secondary N) is 1. The second-order valence-electron chi connectivity index (χ2n) is 6.54. The molecule has 0 spiro atoms. The van der Waals surface area contributed by atoms with Crippen LogP contribution >= 0.6 is 0 Å². The van der Waals surface area contributed by atoms with Gasteiger partial charge in [-0.25, -0.2) is 0 Å². The summed E-state index contributed by atoms with van der Waals surface area (Å²) in [5.74, 6) is 1.38. The number of ether oxygens (including phenoxy) is 3. The van der Waals surface area contributed by atoms with Crippen molar-refractivity contribution in [2.24, 2.45) is 0 Å². The lowest BCUT2D eigenvalue weighted by Crippen LogP contribution is -2.30. The molecule has 6 heteroatoms. The second kappa shape index (κ2) is 8.06. The molecule has 1 N–H and O–H groups in total. The molecule has 1 heterocycles. The molecule has 0 fully saturated rings. The quantitative estimate of drug-likeness (QED) is 0.644. The lowest BCUT2D eigenvalue weighted by atomic mass is 10.0. The van der Waals surface area contributed by atoms with Crippen LogP contribution in [0.4, 0.5) is 5.69 Å². The summed E-state index contributed by atoms with van der Waals surface area (Å²) in [6, 6.07) is 21.0. The molecule has 3 aromatic carbocycles. The zero-order chi connectivity index (χ0) is 20.2. The van der Waals surface area contributed by atoms with Crippen LogP contribution < -0.4 is 19.5 Å². The van der Waals surface area contributed by atoms with E-state index in [1.165, 1.54) is 0 Å². The number of hydrogen-bond acceptors (Lipinski definition) is 5. The van der Waals surface area contributed by atoms with Gasteiger partial charge in [-0.3, -0.25) is 9.59 Å². The average molecular weight is 389 g/mol. The Morgan fingerprint density at radius 2 is 1.59 bits per heavy atom. The molecule has 4 rings (SSSR count). The molecule has 29 heavy (non-hydrogen) atoms. The minimum absolute atomic E-state index is 0.0641. The number of carbonyl (C=O) groups excluding carboxylic acids is 2. The van der Waals surface area contributed by atoms with Gasteiger partial charge in [0.2, 0.25) is 6.79 Å². The molecule has 0 radical (unpaired) electrons. The predicted molar refractivity (Wildman–Crippen MR) is 108 cm³/mol. The highest BCUT2D eigenvalue weighted by molar-refractivity contribution is 6.09. The van der Waals surface area contributed by atoms with Crippen molar-refractivity contribution in [2.75, 3.05) is 12.1 Å². The average Bonchev–Trinajstić information content (AvgIpc) is 3.22. The smallest absolute Gasteiger partial charge is 0.265 e. The number of carbonyl (C=O) groups is 2. The minimum atomic E-state index is -0.726. The van der Waals surface area contributed by atoms with Gasteiger partial charge in [0.25, 0.3) is 5.91 Å². The predicted octanol–water partition coefficient (Wildman–Crippen LogP) is 4.05. The van der Waals surface area contributed by atoms with Gasteiger partial charge in [-0.05, 0) is 43.3 Å². The number of fused-ring (bicyclic) bond motifs is 1. The first-order valence-electron chi connectivity index (χ1n) is 9.17. The fourth-order valence-electron chi connectivity index (χ4n) is 2.92. The molecule has 0 bridgehead atoms. The van der Waals surface area contributed by atoms with Gasteiger partial charge in [-0.15, -0.1) is 0 Å². The van der Waals surface area contributed by atoms with Crippen molar-refractivity contribution >= 4 is 17.4 Å². The van der Waals surface area contributed by atoms with E-state index in [1.54, 1.807) is 61.5 Å². The molecular formula is C23H19NO5. The van der Waals surface area contributed by atoms with E-state index in [0.29, 0.717) is 34.1 Å². The second-order valence-corrected chi connectivity index (χ2v) is 6.54. The normalized spacial score (nSPS) is 12.9. The molecule has 0 saturated carbocycles. The number of anilines is 1. The maximum absolute atomic E-state index is 12.4. The fourth-order valence-corrected chi connectivity index (χ4v) is 2.92. The molecule has 146 valence electrons. The van der Waals surface area contributed by atoms with Gasteiger partial charge in [-0.2, -0.15) is 0 Å². The van der Waals surface area contributed by atoms with Crippen molar-refractivity contribution in [1.82, 2.24) is 0 Å². The van der Waals surface area contributed by atoms with Crippen LogP contribution in [0.2, 0.25) is 0 Å². The molecule has 3 aromatic rings. The van der Waals surface area contributed by atoms with Crippen molar-refractivity contribution in [3.8, 4) is 17.2 Å². The van der Waals surface area contributed by atoms with Crippen molar-refractivity contribution in [3.63, 3.8) is 0 Å². The summed E-state index contributed by atoms with van der Waals surface area (Å²) in [5, 5.41) is 2.79. The number of amides is 1. The third kappa shape index (κ3) is 4.21. The van der Waals surface area contributed by atoms with Crippen molar-refractivity contribution < 1.29 is 23.8 Å². The fraction of sp³-hybridized carbons (Fsp3) is 0.130. The first-order valence-corrected chi connectivity index (χ1v) is 9.17. The van der Waals surface area contributed by atoms with Gasteiger partial charge in [0, 0.05) is 22.9 Å². The third-order valence-corrected chi connectivity index (χ3v) is 4.47. The SMILES string of the molecule is C[C@H](Oc1ccc(C(=O)c2ccccc2)cc1)C(=O)Nc1ccc2c(c1)OCO2. The monoisotopic (exact) mass is 389 g/mol. The van der Waals surface area contributed by atoms with Crippen LogP contribution in [-0.2, 0) is 4.79 Å². The van der Waals surface area contributed by atoms with Gasteiger partial charge in [0.1, 0.15) is 5.75 Å². The summed E-state index contributed by atoms with van der Waals surface area (Å²) >= 11 is 0. The van der Waals surface area contributed by atoms with E-state index in [2.05, 4.69) is 5.32 Å². The summed E-state index contributed by atoms with van der Waals surface area (Å²) in [5.41, 5.74) is 1.78. The van der Waals surface area contributed by atoms with Gasteiger partial charge in [0.05, 0.1) is 0 Å². The van der Waals surface area contributed by atoms with Gasteiger partial charge < -0.3 is 19.5 Å². The molecule has 0 aliphatic carbocycles. The number of benzene rings is 3. The zero-order valence-corrected chi connectivity index (χ0v) is 15.8. The maximum Gasteiger partial charge on any atom is 0.265 e. The Kier molecular flexibility index (Phi) is 5.16. The van der Waals surface area contributed by atoms with Gasteiger partial charge in [0.15, 0.2) is 23.4 Å². The Bertz CT molecular complexity index is 1030. The Labute approximate surface area is 168 Å². The van der Waals surface area contributed by atoms with Crippen LogP contribution in [0.3, 0.4) is 0 Å². The number of hydrogen-bond donors (Lipinski definition) is 1. The molecule has 1 aliphatic rings. The maximum atomic E-state index is 12.4. The molecule has 0 unspecified atom stereocenters. The van der Waals surface area contributed by atoms with Crippen molar-refractivity contribution in [3.05, 3.63) is 83.9 Å². The Hall–Kier alpha value is -3.80. The molecular weight excluding hydrogens is 370 g/mol. The van der Waals surface area contributed by atoms with Crippen LogP contribution in [0.5, 0.6) is 17.2 Å². The highest BCUT2D eigenvalue weighted by atomic mass is 16.7. The van der Waals surface area contributed by atoms with Gasteiger partial charge in [-0.1, -0.05) is 30.3 Å². The molecule has 1 amide bonds. The highest BCUT2D eigenvalue weighted by Crippen LogP contribution is 2.34. The largest absolute Gasteiger partial charge is 0.481 e. The number of rotatable bonds is 6. The van der Waals surface area contributed by atoms with Crippen molar-refractivity contribution in [1.29, 1.82) is 0 Å². The van der Waals surface area contributed by atoms with E-state index >= 15 is 0 Å². The molecule has 6 nitrogen and oxygen atoms in total. The Balaban J connectivity index is 1.37.